The van der Waals surface area contributed by atoms with E-state index in [0.717, 1.165) is 19.3 Å². The Morgan fingerprint density at radius 3 is 2.74 bits per heavy atom. The molecule has 0 amide bonds. The van der Waals surface area contributed by atoms with E-state index in [4.69, 9.17) is 9.47 Å². The third-order valence-electron chi connectivity index (χ3n) is 2.71. The minimum Gasteiger partial charge on any atom is -0.460 e. The summed E-state index contributed by atoms with van der Waals surface area (Å²) in [6, 6.07) is 0. The molecular formula is C12H19F3O4. The van der Waals surface area contributed by atoms with E-state index in [9.17, 15) is 18.0 Å². The summed E-state index contributed by atoms with van der Waals surface area (Å²) in [7, 11) is 0. The van der Waals surface area contributed by atoms with Gasteiger partial charge in [-0.25, -0.2) is 0 Å². The van der Waals surface area contributed by atoms with Crippen LogP contribution < -0.4 is 0 Å². The van der Waals surface area contributed by atoms with Gasteiger partial charge in [0.15, 0.2) is 0 Å². The minimum atomic E-state index is -4.56. The molecule has 0 aromatic carbocycles. The molecule has 1 rings (SSSR count). The highest BCUT2D eigenvalue weighted by molar-refractivity contribution is 5.70. The highest BCUT2D eigenvalue weighted by Crippen LogP contribution is 2.27. The fourth-order valence-corrected chi connectivity index (χ4v) is 1.77. The first-order valence-corrected chi connectivity index (χ1v) is 6.28. The Kier molecular flexibility index (Phi) is 5.61. The molecule has 0 N–H and O–H groups in total. The summed E-state index contributed by atoms with van der Waals surface area (Å²) in [5.41, 5.74) is 0. The van der Waals surface area contributed by atoms with Gasteiger partial charge >= 0.3 is 12.1 Å². The lowest BCUT2D eigenvalue weighted by molar-refractivity contribution is -0.204. The zero-order chi connectivity index (χ0) is 14.5. The van der Waals surface area contributed by atoms with Crippen molar-refractivity contribution in [2.45, 2.75) is 57.6 Å². The summed E-state index contributed by atoms with van der Waals surface area (Å²) in [5, 5.41) is 0. The number of rotatable bonds is 6. The smallest absolute Gasteiger partial charge is 0.399 e. The second-order valence-electron chi connectivity index (χ2n) is 4.78. The molecular weight excluding hydrogens is 265 g/mol. The maximum atomic E-state index is 11.9. The lowest BCUT2D eigenvalue weighted by Gasteiger charge is -2.23. The van der Waals surface area contributed by atoms with Crippen LogP contribution in [0.1, 0.15) is 39.5 Å². The molecule has 0 aromatic heterocycles. The van der Waals surface area contributed by atoms with E-state index in [1.54, 1.807) is 6.92 Å². The zero-order valence-electron chi connectivity index (χ0n) is 11.1. The lowest BCUT2D eigenvalue weighted by Crippen LogP contribution is -2.34. The second kappa shape index (κ2) is 6.56. The number of carbonyl (C=O) groups is 1. The van der Waals surface area contributed by atoms with Crippen LogP contribution in [0.25, 0.3) is 0 Å². The summed E-state index contributed by atoms with van der Waals surface area (Å²) in [6.45, 7) is 3.64. The molecule has 1 aliphatic heterocycles. The van der Waals surface area contributed by atoms with Crippen molar-refractivity contribution < 1.29 is 32.2 Å². The van der Waals surface area contributed by atoms with Crippen molar-refractivity contribution in [3.8, 4) is 0 Å². The highest BCUT2D eigenvalue weighted by Gasteiger charge is 2.39. The van der Waals surface area contributed by atoms with Crippen molar-refractivity contribution in [2.75, 3.05) is 13.2 Å². The number of ether oxygens (including phenoxy) is 3. The van der Waals surface area contributed by atoms with E-state index in [-0.39, 0.29) is 12.7 Å². The fourth-order valence-electron chi connectivity index (χ4n) is 1.77. The first-order valence-electron chi connectivity index (χ1n) is 6.28. The molecule has 0 radical (unpaired) electrons. The van der Waals surface area contributed by atoms with Crippen LogP contribution in [0.15, 0.2) is 0 Å². The Labute approximate surface area is 110 Å². The van der Waals surface area contributed by atoms with Crippen LogP contribution in [0.2, 0.25) is 0 Å². The van der Waals surface area contributed by atoms with E-state index >= 15 is 0 Å². The van der Waals surface area contributed by atoms with Crippen LogP contribution in [0.4, 0.5) is 13.2 Å². The van der Waals surface area contributed by atoms with Gasteiger partial charge in [-0.1, -0.05) is 19.8 Å². The Balaban J connectivity index is 2.31. The predicted molar refractivity (Wildman–Crippen MR) is 60.4 cm³/mol. The zero-order valence-corrected chi connectivity index (χ0v) is 11.1. The van der Waals surface area contributed by atoms with Gasteiger partial charge in [0.05, 0.1) is 12.7 Å². The fraction of sp³-hybridized carbons (Fsp3) is 0.917. The summed E-state index contributed by atoms with van der Waals surface area (Å²) < 4.78 is 51.3. The van der Waals surface area contributed by atoms with Gasteiger partial charge < -0.3 is 14.2 Å². The molecule has 112 valence electrons. The Hall–Kier alpha value is -0.820. The average molecular weight is 284 g/mol. The van der Waals surface area contributed by atoms with E-state index in [0.29, 0.717) is 6.61 Å². The van der Waals surface area contributed by atoms with Gasteiger partial charge in [-0.15, -0.1) is 0 Å². The van der Waals surface area contributed by atoms with Crippen LogP contribution in [-0.2, 0) is 19.0 Å². The van der Waals surface area contributed by atoms with Gasteiger partial charge in [-0.3, -0.25) is 4.79 Å². The number of unbranched alkanes of at least 4 members (excludes halogenated alkanes) is 1. The summed E-state index contributed by atoms with van der Waals surface area (Å²) >= 11 is 0. The van der Waals surface area contributed by atoms with Gasteiger partial charge in [0, 0.05) is 0 Å². The molecule has 0 spiro atoms. The average Bonchev–Trinajstić information content (AvgIpc) is 2.64. The van der Waals surface area contributed by atoms with E-state index in [1.165, 1.54) is 0 Å². The second-order valence-corrected chi connectivity index (χ2v) is 4.78. The minimum absolute atomic E-state index is 0.0914. The maximum absolute atomic E-state index is 11.9. The van der Waals surface area contributed by atoms with Crippen molar-refractivity contribution in [3.05, 3.63) is 0 Å². The van der Waals surface area contributed by atoms with E-state index in [1.807, 2.05) is 6.92 Å². The normalized spacial score (nSPS) is 27.5. The van der Waals surface area contributed by atoms with Crippen molar-refractivity contribution in [1.29, 1.82) is 0 Å². The van der Waals surface area contributed by atoms with E-state index in [2.05, 4.69) is 4.74 Å². The first kappa shape index (κ1) is 16.2. The third kappa shape index (κ3) is 6.24. The molecule has 1 fully saturated rings. The number of esters is 1. The lowest BCUT2D eigenvalue weighted by atomic mass is 10.2. The molecule has 2 unspecified atom stereocenters. The van der Waals surface area contributed by atoms with Crippen molar-refractivity contribution >= 4 is 5.97 Å². The molecule has 0 aromatic rings. The molecule has 0 saturated carbocycles. The Bertz CT molecular complexity index is 306. The van der Waals surface area contributed by atoms with Crippen LogP contribution in [-0.4, -0.2) is 37.3 Å². The quantitative estimate of drug-likeness (QED) is 0.704. The number of halogens is 3. The molecule has 2 atom stereocenters. The summed E-state index contributed by atoms with van der Waals surface area (Å²) in [6.07, 6.45) is -3.41. The van der Waals surface area contributed by atoms with Crippen molar-refractivity contribution in [3.63, 3.8) is 0 Å². The molecule has 1 aliphatic rings. The van der Waals surface area contributed by atoms with Crippen molar-refractivity contribution in [2.24, 2.45) is 0 Å². The molecule has 7 heteroatoms. The van der Waals surface area contributed by atoms with Crippen LogP contribution in [0.3, 0.4) is 0 Å². The number of hydrogen-bond acceptors (Lipinski definition) is 4. The summed E-state index contributed by atoms with van der Waals surface area (Å²) in [4.78, 5) is 11.0. The van der Waals surface area contributed by atoms with Crippen LogP contribution in [0.5, 0.6) is 0 Å². The third-order valence-corrected chi connectivity index (χ3v) is 2.71. The van der Waals surface area contributed by atoms with E-state index < -0.39 is 24.4 Å². The van der Waals surface area contributed by atoms with Gasteiger partial charge in [0.25, 0.3) is 0 Å². The number of carbonyl (C=O) groups excluding carboxylic acids is 1. The maximum Gasteiger partial charge on any atom is 0.399 e. The van der Waals surface area contributed by atoms with Crippen LogP contribution in [0, 0.1) is 0 Å². The van der Waals surface area contributed by atoms with Gasteiger partial charge in [0.1, 0.15) is 13.0 Å². The number of hydrogen-bond donors (Lipinski definition) is 0. The molecule has 19 heavy (non-hydrogen) atoms. The topological polar surface area (TPSA) is 44.8 Å². The summed E-state index contributed by atoms with van der Waals surface area (Å²) in [5.74, 6) is -2.46. The standard InChI is InChI=1S/C12H19F3O4/c1-3-4-5-9-7-18-11(2,19-9)8-17-10(16)6-12(13,14)15/h9H,3-8H2,1-2H3. The van der Waals surface area contributed by atoms with Crippen LogP contribution >= 0.6 is 0 Å². The molecule has 0 bridgehead atoms. The Morgan fingerprint density at radius 1 is 1.47 bits per heavy atom. The molecule has 1 saturated heterocycles. The first-order chi connectivity index (χ1) is 8.74. The van der Waals surface area contributed by atoms with Gasteiger partial charge in [0.2, 0.25) is 5.79 Å². The predicted octanol–water partition coefficient (Wildman–Crippen LogP) is 2.80. The molecule has 0 aliphatic carbocycles. The largest absolute Gasteiger partial charge is 0.460 e. The Morgan fingerprint density at radius 2 is 2.16 bits per heavy atom. The monoisotopic (exact) mass is 284 g/mol. The van der Waals surface area contributed by atoms with Crippen molar-refractivity contribution in [1.82, 2.24) is 0 Å². The highest BCUT2D eigenvalue weighted by atomic mass is 19.4. The van der Waals surface area contributed by atoms with Gasteiger partial charge in [-0.05, 0) is 13.3 Å². The van der Waals surface area contributed by atoms with Gasteiger partial charge in [-0.2, -0.15) is 13.2 Å². The molecule has 4 nitrogen and oxygen atoms in total. The SMILES string of the molecule is CCCCC1COC(C)(COC(=O)CC(F)(F)F)O1. The molecule has 1 heterocycles. The number of alkyl halides is 3.